The van der Waals surface area contributed by atoms with Crippen molar-refractivity contribution in [3.63, 3.8) is 0 Å². The van der Waals surface area contributed by atoms with Crippen molar-refractivity contribution in [1.29, 1.82) is 0 Å². The van der Waals surface area contributed by atoms with E-state index in [2.05, 4.69) is 4.90 Å². The Bertz CT molecular complexity index is 308. The third-order valence-electron chi connectivity index (χ3n) is 4.05. The van der Waals surface area contributed by atoms with Crippen LogP contribution in [0.5, 0.6) is 0 Å². The molecular weight excluding hydrogens is 208 g/mol. The molecule has 16 heavy (non-hydrogen) atoms. The van der Waals surface area contributed by atoms with Crippen molar-refractivity contribution in [2.24, 2.45) is 0 Å². The number of amides is 1. The summed E-state index contributed by atoms with van der Waals surface area (Å²) in [6, 6.07) is 0.00940. The second-order valence-corrected chi connectivity index (χ2v) is 4.56. The molecule has 0 spiro atoms. The molecule has 5 nitrogen and oxygen atoms in total. The van der Waals surface area contributed by atoms with Crippen LogP contribution in [-0.4, -0.2) is 58.5 Å². The molecule has 0 radical (unpaired) electrons. The number of aliphatic carboxylic acids is 1. The van der Waals surface area contributed by atoms with Crippen LogP contribution in [0.2, 0.25) is 0 Å². The van der Waals surface area contributed by atoms with Crippen LogP contribution in [-0.2, 0) is 9.59 Å². The van der Waals surface area contributed by atoms with Gasteiger partial charge in [-0.1, -0.05) is 0 Å². The van der Waals surface area contributed by atoms with Crippen LogP contribution in [0.4, 0.5) is 0 Å². The molecule has 0 aromatic heterocycles. The molecule has 2 atom stereocenters. The Kier molecular flexibility index (Phi) is 2.88. The summed E-state index contributed by atoms with van der Waals surface area (Å²) in [5, 5.41) is 9.52. The zero-order chi connectivity index (χ0) is 11.8. The van der Waals surface area contributed by atoms with E-state index < -0.39 is 11.5 Å². The molecule has 2 saturated heterocycles. The van der Waals surface area contributed by atoms with E-state index >= 15 is 0 Å². The maximum Gasteiger partial charge on any atom is 0.331 e. The summed E-state index contributed by atoms with van der Waals surface area (Å²) in [6.07, 6.45) is 3.17. The predicted molar refractivity (Wildman–Crippen MR) is 58.0 cm³/mol. The Hall–Kier alpha value is -1.10. The summed E-state index contributed by atoms with van der Waals surface area (Å²) >= 11 is 0. The van der Waals surface area contributed by atoms with Crippen molar-refractivity contribution < 1.29 is 14.7 Å². The molecular formula is C11H18N2O3. The number of fused-ring (bicyclic) bond motifs is 1. The van der Waals surface area contributed by atoms with Gasteiger partial charge in [0.05, 0.1) is 0 Å². The number of carboxylic acid groups (broad SMARTS) is 1. The second kappa shape index (κ2) is 4.05. The summed E-state index contributed by atoms with van der Waals surface area (Å²) in [6.45, 7) is 4.05. The first-order valence-corrected chi connectivity index (χ1v) is 5.86. The SMILES string of the molecule is CCN(C=O)C1(C(=O)O)CCN2CCCC21. The highest BCUT2D eigenvalue weighted by atomic mass is 16.4. The zero-order valence-electron chi connectivity index (χ0n) is 9.56. The van der Waals surface area contributed by atoms with Gasteiger partial charge in [-0.05, 0) is 32.7 Å². The van der Waals surface area contributed by atoms with Gasteiger partial charge in [-0.25, -0.2) is 4.79 Å². The van der Waals surface area contributed by atoms with Gasteiger partial charge in [0.15, 0.2) is 5.54 Å². The van der Waals surface area contributed by atoms with Crippen LogP contribution in [0.1, 0.15) is 26.2 Å². The maximum absolute atomic E-state index is 11.6. The standard InChI is InChI=1S/C11H18N2O3/c1-2-13(8-14)11(10(15)16)5-7-12-6-3-4-9(11)12/h8-9H,2-7H2,1H3,(H,15,16). The van der Waals surface area contributed by atoms with Crippen molar-refractivity contribution in [3.05, 3.63) is 0 Å². The van der Waals surface area contributed by atoms with Gasteiger partial charge in [0.25, 0.3) is 0 Å². The van der Waals surface area contributed by atoms with Crippen molar-refractivity contribution in [2.75, 3.05) is 19.6 Å². The lowest BCUT2D eigenvalue weighted by molar-refractivity contribution is -0.156. The first kappa shape index (κ1) is 11.4. The molecule has 1 amide bonds. The number of carbonyl (C=O) groups excluding carboxylic acids is 1. The third-order valence-corrected chi connectivity index (χ3v) is 4.05. The highest BCUT2D eigenvalue weighted by Crippen LogP contribution is 2.39. The van der Waals surface area contributed by atoms with Crippen LogP contribution in [0.15, 0.2) is 0 Å². The van der Waals surface area contributed by atoms with Gasteiger partial charge in [0.2, 0.25) is 6.41 Å². The van der Waals surface area contributed by atoms with Gasteiger partial charge in [-0.2, -0.15) is 0 Å². The molecule has 0 aromatic rings. The van der Waals surface area contributed by atoms with Crippen molar-refractivity contribution >= 4 is 12.4 Å². The Labute approximate surface area is 95.0 Å². The van der Waals surface area contributed by atoms with Gasteiger partial charge in [0.1, 0.15) is 0 Å². The predicted octanol–water partition coefficient (Wildman–Crippen LogP) is 0.156. The zero-order valence-corrected chi connectivity index (χ0v) is 9.56. The number of nitrogens with zero attached hydrogens (tertiary/aromatic N) is 2. The highest BCUT2D eigenvalue weighted by Gasteiger charge is 2.57. The fraction of sp³-hybridized carbons (Fsp3) is 0.818. The molecule has 2 aliphatic heterocycles. The summed E-state index contributed by atoms with van der Waals surface area (Å²) in [7, 11) is 0. The average molecular weight is 226 g/mol. The molecule has 2 rings (SSSR count). The Morgan fingerprint density at radius 3 is 2.94 bits per heavy atom. The molecule has 2 unspecified atom stereocenters. The minimum Gasteiger partial charge on any atom is -0.479 e. The first-order chi connectivity index (χ1) is 7.66. The summed E-state index contributed by atoms with van der Waals surface area (Å²) in [4.78, 5) is 26.3. The van der Waals surface area contributed by atoms with Crippen LogP contribution in [0.25, 0.3) is 0 Å². The fourth-order valence-electron chi connectivity index (χ4n) is 3.27. The first-order valence-electron chi connectivity index (χ1n) is 5.86. The molecule has 2 heterocycles. The van der Waals surface area contributed by atoms with Crippen LogP contribution >= 0.6 is 0 Å². The van der Waals surface area contributed by atoms with Crippen LogP contribution < -0.4 is 0 Å². The Morgan fingerprint density at radius 1 is 1.62 bits per heavy atom. The summed E-state index contributed by atoms with van der Waals surface area (Å²) < 4.78 is 0. The smallest absolute Gasteiger partial charge is 0.331 e. The largest absolute Gasteiger partial charge is 0.479 e. The number of hydrogen-bond acceptors (Lipinski definition) is 3. The Morgan fingerprint density at radius 2 is 2.38 bits per heavy atom. The van der Waals surface area contributed by atoms with E-state index in [1.165, 1.54) is 4.90 Å². The number of likely N-dealkylation sites (N-methyl/N-ethyl adjacent to an activating group) is 1. The summed E-state index contributed by atoms with van der Waals surface area (Å²) in [5.74, 6) is -0.851. The van der Waals surface area contributed by atoms with Crippen molar-refractivity contribution in [2.45, 2.75) is 37.8 Å². The van der Waals surface area contributed by atoms with Crippen molar-refractivity contribution in [1.82, 2.24) is 9.80 Å². The number of rotatable bonds is 4. The highest BCUT2D eigenvalue weighted by molar-refractivity contribution is 5.83. The molecule has 0 aromatic carbocycles. The molecule has 0 saturated carbocycles. The van der Waals surface area contributed by atoms with E-state index in [0.717, 1.165) is 25.9 Å². The lowest BCUT2D eigenvalue weighted by Crippen LogP contribution is -2.60. The van der Waals surface area contributed by atoms with E-state index in [4.69, 9.17) is 0 Å². The van der Waals surface area contributed by atoms with E-state index in [1.807, 2.05) is 6.92 Å². The molecule has 5 heteroatoms. The Balaban J connectivity index is 2.35. The second-order valence-electron chi connectivity index (χ2n) is 4.56. The molecule has 1 N–H and O–H groups in total. The lowest BCUT2D eigenvalue weighted by Gasteiger charge is -2.38. The van der Waals surface area contributed by atoms with E-state index in [0.29, 0.717) is 19.4 Å². The fourth-order valence-corrected chi connectivity index (χ4v) is 3.27. The van der Waals surface area contributed by atoms with Crippen LogP contribution in [0, 0.1) is 0 Å². The molecule has 2 aliphatic rings. The molecule has 90 valence electrons. The van der Waals surface area contributed by atoms with Gasteiger partial charge in [-0.15, -0.1) is 0 Å². The summed E-state index contributed by atoms with van der Waals surface area (Å²) in [5.41, 5.74) is -0.979. The van der Waals surface area contributed by atoms with Crippen LogP contribution in [0.3, 0.4) is 0 Å². The van der Waals surface area contributed by atoms with Gasteiger partial charge in [0, 0.05) is 19.1 Å². The minimum atomic E-state index is -0.979. The average Bonchev–Trinajstić information content (AvgIpc) is 2.82. The van der Waals surface area contributed by atoms with E-state index in [1.54, 1.807) is 0 Å². The topological polar surface area (TPSA) is 60.9 Å². The molecule has 0 aliphatic carbocycles. The molecule has 2 fully saturated rings. The maximum atomic E-state index is 11.6. The van der Waals surface area contributed by atoms with Gasteiger partial charge >= 0.3 is 5.97 Å². The van der Waals surface area contributed by atoms with E-state index in [9.17, 15) is 14.7 Å². The molecule has 0 bridgehead atoms. The normalized spacial score (nSPS) is 33.7. The number of carboxylic acids is 1. The van der Waals surface area contributed by atoms with Gasteiger partial charge in [-0.3, -0.25) is 9.69 Å². The number of carbonyl (C=O) groups is 2. The monoisotopic (exact) mass is 226 g/mol. The number of hydrogen-bond donors (Lipinski definition) is 1. The lowest BCUT2D eigenvalue weighted by atomic mass is 9.87. The quantitative estimate of drug-likeness (QED) is 0.693. The third kappa shape index (κ3) is 1.34. The van der Waals surface area contributed by atoms with Crippen molar-refractivity contribution in [3.8, 4) is 0 Å². The van der Waals surface area contributed by atoms with Gasteiger partial charge < -0.3 is 10.0 Å². The minimum absolute atomic E-state index is 0.00940. The van der Waals surface area contributed by atoms with E-state index in [-0.39, 0.29) is 6.04 Å².